The molecule has 1 heterocycles. The highest BCUT2D eigenvalue weighted by Gasteiger charge is 2.26. The van der Waals surface area contributed by atoms with Crippen LogP contribution in [0, 0.1) is 11.6 Å². The lowest BCUT2D eigenvalue weighted by Crippen LogP contribution is -2.31. The summed E-state index contributed by atoms with van der Waals surface area (Å²) in [7, 11) is 0. The van der Waals surface area contributed by atoms with Crippen LogP contribution >= 0.6 is 0 Å². The molecule has 0 aromatic heterocycles. The first-order valence-corrected chi connectivity index (χ1v) is 6.02. The number of benzene rings is 2. The van der Waals surface area contributed by atoms with E-state index in [2.05, 4.69) is 4.99 Å². The summed E-state index contributed by atoms with van der Waals surface area (Å²) in [6, 6.07) is 9.69. The van der Waals surface area contributed by atoms with E-state index in [4.69, 9.17) is 0 Å². The van der Waals surface area contributed by atoms with Crippen LogP contribution in [0.5, 0.6) is 0 Å². The number of aldehydes is 1. The molecule has 0 saturated carbocycles. The van der Waals surface area contributed by atoms with Crippen molar-refractivity contribution in [1.82, 2.24) is 0 Å². The molecule has 0 N–H and O–H groups in total. The Morgan fingerprint density at radius 3 is 2.70 bits per heavy atom. The smallest absolute Gasteiger partial charge is 0.149 e. The minimum atomic E-state index is -0.734. The van der Waals surface area contributed by atoms with Crippen LogP contribution in [0.3, 0.4) is 0 Å². The van der Waals surface area contributed by atoms with Gasteiger partial charge in [-0.15, -0.1) is 0 Å². The average Bonchev–Trinajstić information content (AvgIpc) is 2.46. The van der Waals surface area contributed by atoms with Gasteiger partial charge in [-0.1, -0.05) is 18.2 Å². The molecule has 2 aromatic carbocycles. The van der Waals surface area contributed by atoms with Crippen LogP contribution in [0.4, 0.5) is 20.2 Å². The zero-order chi connectivity index (χ0) is 14.1. The molecule has 0 aliphatic carbocycles. The predicted molar refractivity (Wildman–Crippen MR) is 72.2 cm³/mol. The molecule has 3 rings (SSSR count). The predicted octanol–water partition coefficient (Wildman–Crippen LogP) is 3.38. The van der Waals surface area contributed by atoms with Crippen molar-refractivity contribution in [3.63, 3.8) is 0 Å². The minimum absolute atomic E-state index is 0.113. The molecule has 0 fully saturated rings. The van der Waals surface area contributed by atoms with E-state index in [9.17, 15) is 13.6 Å². The molecule has 0 bridgehead atoms. The Labute approximate surface area is 114 Å². The maximum absolute atomic E-state index is 13.9. The fourth-order valence-electron chi connectivity index (χ4n) is 2.24. The maximum Gasteiger partial charge on any atom is 0.149 e. The number of carbonyl (C=O) groups excluding carboxylic acids is 1. The number of aliphatic imine (C=N–C) groups is 1. The number of halogens is 2. The van der Waals surface area contributed by atoms with Gasteiger partial charge in [0.25, 0.3) is 0 Å². The Bertz CT molecular complexity index is 700. The Kier molecular flexibility index (Phi) is 3.02. The molecule has 20 heavy (non-hydrogen) atoms. The van der Waals surface area contributed by atoms with E-state index in [-0.39, 0.29) is 5.69 Å². The van der Waals surface area contributed by atoms with E-state index >= 15 is 0 Å². The molecule has 1 aliphatic rings. The van der Waals surface area contributed by atoms with Gasteiger partial charge in [-0.3, -0.25) is 0 Å². The number of hydrogen-bond donors (Lipinski definition) is 0. The fraction of sp³-hybridized carbons (Fsp3) is 0.0667. The van der Waals surface area contributed by atoms with E-state index in [1.165, 1.54) is 17.3 Å². The summed E-state index contributed by atoms with van der Waals surface area (Å²) in [5, 5.41) is 0. The average molecular weight is 272 g/mol. The summed E-state index contributed by atoms with van der Waals surface area (Å²) < 4.78 is 26.8. The molecule has 0 saturated heterocycles. The van der Waals surface area contributed by atoms with Crippen LogP contribution in [0.25, 0.3) is 0 Å². The van der Waals surface area contributed by atoms with Crippen molar-refractivity contribution in [3.05, 3.63) is 59.7 Å². The van der Waals surface area contributed by atoms with E-state index in [0.29, 0.717) is 17.5 Å². The van der Waals surface area contributed by atoms with Crippen molar-refractivity contribution >= 4 is 24.0 Å². The van der Waals surface area contributed by atoms with E-state index in [1.807, 2.05) is 6.07 Å². The second kappa shape index (κ2) is 4.85. The van der Waals surface area contributed by atoms with Crippen LogP contribution in [-0.2, 0) is 4.79 Å². The third-order valence-electron chi connectivity index (χ3n) is 3.19. The van der Waals surface area contributed by atoms with Crippen molar-refractivity contribution in [2.45, 2.75) is 6.04 Å². The van der Waals surface area contributed by atoms with Gasteiger partial charge >= 0.3 is 0 Å². The van der Waals surface area contributed by atoms with Gasteiger partial charge in [-0.2, -0.15) is 0 Å². The first-order chi connectivity index (χ1) is 9.70. The second-order valence-corrected chi connectivity index (χ2v) is 4.39. The Hall–Kier alpha value is -2.56. The summed E-state index contributed by atoms with van der Waals surface area (Å²) in [5.74, 6) is -1.40. The zero-order valence-electron chi connectivity index (χ0n) is 10.3. The van der Waals surface area contributed by atoms with Crippen LogP contribution in [-0.4, -0.2) is 12.6 Å². The first kappa shape index (κ1) is 12.5. The minimum Gasteiger partial charge on any atom is -0.315 e. The molecule has 100 valence electrons. The van der Waals surface area contributed by atoms with Crippen molar-refractivity contribution in [3.8, 4) is 0 Å². The number of nitrogens with zero attached hydrogens (tertiary/aromatic N) is 2. The van der Waals surface area contributed by atoms with Gasteiger partial charge in [-0.05, 0) is 18.2 Å². The summed E-state index contributed by atoms with van der Waals surface area (Å²) in [6.45, 7) is 0. The Balaban J connectivity index is 2.09. The first-order valence-electron chi connectivity index (χ1n) is 6.02. The highest BCUT2D eigenvalue weighted by molar-refractivity contribution is 5.92. The van der Waals surface area contributed by atoms with Gasteiger partial charge in [0.1, 0.15) is 24.0 Å². The summed E-state index contributed by atoms with van der Waals surface area (Å²) in [6.07, 6.45) is 2.10. The van der Waals surface area contributed by atoms with Gasteiger partial charge in [0.15, 0.2) is 0 Å². The molecular weight excluding hydrogens is 262 g/mol. The molecule has 0 amide bonds. The number of rotatable bonds is 2. The molecule has 3 nitrogen and oxygen atoms in total. The Morgan fingerprint density at radius 1 is 1.15 bits per heavy atom. The number of fused-ring (bicyclic) bond motifs is 1. The quantitative estimate of drug-likeness (QED) is 0.785. The van der Waals surface area contributed by atoms with Gasteiger partial charge in [0.2, 0.25) is 0 Å². The van der Waals surface area contributed by atoms with Crippen LogP contribution in [0.1, 0.15) is 11.6 Å². The van der Waals surface area contributed by atoms with Gasteiger partial charge in [0, 0.05) is 11.6 Å². The lowest BCUT2D eigenvalue weighted by molar-refractivity contribution is -0.108. The van der Waals surface area contributed by atoms with E-state index in [1.54, 1.807) is 18.2 Å². The van der Waals surface area contributed by atoms with Gasteiger partial charge in [-0.25, -0.2) is 13.8 Å². The summed E-state index contributed by atoms with van der Waals surface area (Å²) in [5.41, 5.74) is 1.47. The normalized spacial score (nSPS) is 16.9. The molecule has 1 unspecified atom stereocenters. The van der Waals surface area contributed by atoms with E-state index in [0.717, 1.165) is 12.1 Å². The zero-order valence-corrected chi connectivity index (χ0v) is 10.3. The third-order valence-corrected chi connectivity index (χ3v) is 3.19. The van der Waals surface area contributed by atoms with Crippen LogP contribution < -0.4 is 4.90 Å². The standard InChI is InChI=1S/C15H10F2N2O/c16-10-5-6-14(12(17)7-10)19-9-18-13-4-2-1-3-11(13)15(19)8-20/h1-9,15H. The summed E-state index contributed by atoms with van der Waals surface area (Å²) in [4.78, 5) is 17.0. The third kappa shape index (κ3) is 1.97. The molecule has 0 spiro atoms. The summed E-state index contributed by atoms with van der Waals surface area (Å²) >= 11 is 0. The largest absolute Gasteiger partial charge is 0.315 e. The lowest BCUT2D eigenvalue weighted by Gasteiger charge is -2.30. The highest BCUT2D eigenvalue weighted by Crippen LogP contribution is 2.35. The van der Waals surface area contributed by atoms with Gasteiger partial charge < -0.3 is 9.69 Å². The van der Waals surface area contributed by atoms with Crippen LogP contribution in [0.15, 0.2) is 47.5 Å². The topological polar surface area (TPSA) is 32.7 Å². The molecule has 5 heteroatoms. The van der Waals surface area contributed by atoms with Crippen molar-refractivity contribution in [1.29, 1.82) is 0 Å². The molecule has 1 atom stereocenters. The molecule has 2 aromatic rings. The van der Waals surface area contributed by atoms with Crippen LogP contribution in [0.2, 0.25) is 0 Å². The fourth-order valence-corrected chi connectivity index (χ4v) is 2.24. The molecule has 1 aliphatic heterocycles. The molecular formula is C15H10F2N2O. The maximum atomic E-state index is 13.9. The number of carbonyl (C=O) groups is 1. The van der Waals surface area contributed by atoms with Crippen molar-refractivity contribution in [2.75, 3.05) is 4.90 Å². The highest BCUT2D eigenvalue weighted by atomic mass is 19.1. The van der Waals surface area contributed by atoms with Crippen molar-refractivity contribution < 1.29 is 13.6 Å². The SMILES string of the molecule is O=CC1c2ccccc2N=CN1c1ccc(F)cc1F. The van der Waals surface area contributed by atoms with Crippen molar-refractivity contribution in [2.24, 2.45) is 4.99 Å². The van der Waals surface area contributed by atoms with E-state index < -0.39 is 17.7 Å². The number of para-hydroxylation sites is 1. The van der Waals surface area contributed by atoms with Gasteiger partial charge in [0.05, 0.1) is 17.7 Å². The monoisotopic (exact) mass is 272 g/mol. The Morgan fingerprint density at radius 2 is 1.95 bits per heavy atom. The molecule has 0 radical (unpaired) electrons. The second-order valence-electron chi connectivity index (χ2n) is 4.39. The number of anilines is 1. The lowest BCUT2D eigenvalue weighted by atomic mass is 10.0. The number of hydrogen-bond acceptors (Lipinski definition) is 3.